The lowest BCUT2D eigenvalue weighted by Gasteiger charge is -2.12. The second-order valence-corrected chi connectivity index (χ2v) is 5.76. The molecule has 2 rings (SSSR count). The molecular formula is C19H21NO5. The molecule has 0 heterocycles. The highest BCUT2D eigenvalue weighted by Gasteiger charge is 2.09. The number of amides is 1. The lowest BCUT2D eigenvalue weighted by atomic mass is 10.1. The van der Waals surface area contributed by atoms with Gasteiger partial charge in [-0.1, -0.05) is 12.1 Å². The van der Waals surface area contributed by atoms with Crippen LogP contribution in [0.5, 0.6) is 11.5 Å². The van der Waals surface area contributed by atoms with Crippen molar-refractivity contribution in [3.63, 3.8) is 0 Å². The van der Waals surface area contributed by atoms with Crippen molar-refractivity contribution in [1.82, 2.24) is 0 Å². The summed E-state index contributed by atoms with van der Waals surface area (Å²) in [6.45, 7) is 5.18. The van der Waals surface area contributed by atoms with Gasteiger partial charge in [0.25, 0.3) is 5.91 Å². The number of hydrogen-bond acceptors (Lipinski definition) is 4. The molecule has 0 aliphatic rings. The summed E-state index contributed by atoms with van der Waals surface area (Å²) in [5.41, 5.74) is 3.42. The average Bonchev–Trinajstić information content (AvgIpc) is 2.56. The first kappa shape index (κ1) is 18.3. The molecule has 0 aliphatic heterocycles. The molecule has 0 fully saturated rings. The number of hydrogen-bond donors (Lipinski definition) is 2. The predicted molar refractivity (Wildman–Crippen MR) is 94.4 cm³/mol. The maximum Gasteiger partial charge on any atom is 0.341 e. The van der Waals surface area contributed by atoms with Gasteiger partial charge in [0, 0.05) is 5.69 Å². The van der Waals surface area contributed by atoms with Crippen LogP contribution in [0.4, 0.5) is 5.69 Å². The van der Waals surface area contributed by atoms with Gasteiger partial charge in [-0.15, -0.1) is 0 Å². The number of carboxylic acid groups (broad SMARTS) is 1. The average molecular weight is 343 g/mol. The molecule has 2 aromatic carbocycles. The Hall–Kier alpha value is -3.02. The van der Waals surface area contributed by atoms with Crippen LogP contribution in [0.2, 0.25) is 0 Å². The predicted octanol–water partition coefficient (Wildman–Crippen LogP) is 3.09. The minimum atomic E-state index is -1.04. The number of rotatable bonds is 7. The molecule has 0 radical (unpaired) electrons. The van der Waals surface area contributed by atoms with E-state index in [-0.39, 0.29) is 12.5 Å². The van der Waals surface area contributed by atoms with Crippen LogP contribution >= 0.6 is 0 Å². The molecule has 0 atom stereocenters. The van der Waals surface area contributed by atoms with E-state index >= 15 is 0 Å². The van der Waals surface area contributed by atoms with Gasteiger partial charge >= 0.3 is 5.97 Å². The molecule has 1 amide bonds. The molecule has 2 N–H and O–H groups in total. The minimum Gasteiger partial charge on any atom is -0.483 e. The van der Waals surface area contributed by atoms with Crippen molar-refractivity contribution in [1.29, 1.82) is 0 Å². The maximum atomic E-state index is 12.1. The third kappa shape index (κ3) is 5.53. The molecule has 25 heavy (non-hydrogen) atoms. The Kier molecular flexibility index (Phi) is 6.00. The van der Waals surface area contributed by atoms with Gasteiger partial charge < -0.3 is 19.9 Å². The van der Waals surface area contributed by atoms with E-state index < -0.39 is 12.6 Å². The van der Waals surface area contributed by atoms with Crippen LogP contribution in [-0.2, 0) is 9.59 Å². The topological polar surface area (TPSA) is 84.9 Å². The van der Waals surface area contributed by atoms with E-state index in [4.69, 9.17) is 14.6 Å². The molecule has 0 aromatic heterocycles. The zero-order valence-corrected chi connectivity index (χ0v) is 14.5. The Morgan fingerprint density at radius 3 is 2.40 bits per heavy atom. The van der Waals surface area contributed by atoms with Gasteiger partial charge in [0.1, 0.15) is 11.5 Å². The van der Waals surface area contributed by atoms with E-state index in [0.717, 1.165) is 16.7 Å². The Balaban J connectivity index is 1.93. The molecule has 0 aliphatic carbocycles. The maximum absolute atomic E-state index is 12.1. The van der Waals surface area contributed by atoms with Crippen LogP contribution in [0.3, 0.4) is 0 Å². The van der Waals surface area contributed by atoms with Gasteiger partial charge in [-0.05, 0) is 61.7 Å². The van der Waals surface area contributed by atoms with E-state index in [1.54, 1.807) is 25.1 Å². The first-order valence-corrected chi connectivity index (χ1v) is 7.80. The van der Waals surface area contributed by atoms with Gasteiger partial charge in [0.15, 0.2) is 13.2 Å². The Bertz CT molecular complexity index is 785. The summed E-state index contributed by atoms with van der Waals surface area (Å²) in [5.74, 6) is -0.198. The fraction of sp³-hybridized carbons (Fsp3) is 0.263. The smallest absolute Gasteiger partial charge is 0.341 e. The number of ether oxygens (including phenoxy) is 2. The van der Waals surface area contributed by atoms with Crippen molar-refractivity contribution in [2.75, 3.05) is 18.5 Å². The largest absolute Gasteiger partial charge is 0.483 e. The van der Waals surface area contributed by atoms with Crippen LogP contribution in [0.1, 0.15) is 16.7 Å². The lowest BCUT2D eigenvalue weighted by Crippen LogP contribution is -2.21. The van der Waals surface area contributed by atoms with Crippen LogP contribution in [-0.4, -0.2) is 30.2 Å². The molecule has 0 spiro atoms. The molecule has 0 saturated heterocycles. The molecule has 0 unspecified atom stereocenters. The monoisotopic (exact) mass is 343 g/mol. The van der Waals surface area contributed by atoms with Gasteiger partial charge in [0.05, 0.1) is 0 Å². The van der Waals surface area contributed by atoms with Crippen molar-refractivity contribution in [2.45, 2.75) is 20.8 Å². The van der Waals surface area contributed by atoms with Crippen LogP contribution < -0.4 is 14.8 Å². The van der Waals surface area contributed by atoms with Crippen LogP contribution in [0.25, 0.3) is 0 Å². The van der Waals surface area contributed by atoms with E-state index in [0.29, 0.717) is 17.2 Å². The van der Waals surface area contributed by atoms with Crippen molar-refractivity contribution >= 4 is 17.6 Å². The first-order valence-electron chi connectivity index (χ1n) is 7.80. The van der Waals surface area contributed by atoms with E-state index in [1.165, 1.54) is 0 Å². The van der Waals surface area contributed by atoms with Gasteiger partial charge in [-0.25, -0.2) is 4.79 Å². The number of carboxylic acids is 1. The molecule has 6 heteroatoms. The fourth-order valence-corrected chi connectivity index (χ4v) is 2.20. The zero-order chi connectivity index (χ0) is 18.4. The first-order chi connectivity index (χ1) is 11.8. The Labute approximate surface area is 146 Å². The van der Waals surface area contributed by atoms with Gasteiger partial charge in [0.2, 0.25) is 0 Å². The summed E-state index contributed by atoms with van der Waals surface area (Å²) in [5, 5.41) is 11.4. The molecule has 132 valence electrons. The highest BCUT2D eigenvalue weighted by atomic mass is 16.5. The van der Waals surface area contributed by atoms with E-state index in [2.05, 4.69) is 5.32 Å². The fourth-order valence-electron chi connectivity index (χ4n) is 2.20. The van der Waals surface area contributed by atoms with Crippen LogP contribution in [0, 0.1) is 20.8 Å². The number of aryl methyl sites for hydroxylation is 3. The minimum absolute atomic E-state index is 0.0962. The second kappa shape index (κ2) is 8.19. The third-order valence-corrected chi connectivity index (χ3v) is 3.54. The Morgan fingerprint density at radius 2 is 1.72 bits per heavy atom. The van der Waals surface area contributed by atoms with Gasteiger partial charge in [-0.2, -0.15) is 0 Å². The summed E-state index contributed by atoms with van der Waals surface area (Å²) in [4.78, 5) is 22.6. The van der Waals surface area contributed by atoms with Crippen molar-refractivity contribution in [3.8, 4) is 11.5 Å². The van der Waals surface area contributed by atoms with Crippen molar-refractivity contribution in [2.24, 2.45) is 0 Å². The highest BCUT2D eigenvalue weighted by molar-refractivity contribution is 5.92. The second-order valence-electron chi connectivity index (χ2n) is 5.76. The third-order valence-electron chi connectivity index (χ3n) is 3.54. The standard InChI is InChI=1S/C19H21NO5/c1-12-4-5-13(2)17(8-12)25-10-18(21)20-16-7-6-15(9-14(16)3)24-11-19(22)23/h4-9H,10-11H2,1-3H3,(H,20,21)(H,22,23). The number of anilines is 1. The number of benzene rings is 2. The zero-order valence-electron chi connectivity index (χ0n) is 14.5. The van der Waals surface area contributed by atoms with E-state index in [1.807, 2.05) is 32.0 Å². The van der Waals surface area contributed by atoms with E-state index in [9.17, 15) is 9.59 Å². The summed E-state index contributed by atoms with van der Waals surface area (Å²) in [7, 11) is 0. The molecule has 0 saturated carbocycles. The highest BCUT2D eigenvalue weighted by Crippen LogP contribution is 2.22. The number of carbonyl (C=O) groups excluding carboxylic acids is 1. The Morgan fingerprint density at radius 1 is 0.960 bits per heavy atom. The van der Waals surface area contributed by atoms with Crippen molar-refractivity contribution < 1.29 is 24.2 Å². The van der Waals surface area contributed by atoms with Gasteiger partial charge in [-0.3, -0.25) is 4.79 Å². The van der Waals surface area contributed by atoms with Crippen LogP contribution in [0.15, 0.2) is 36.4 Å². The number of aliphatic carboxylic acids is 1. The quantitative estimate of drug-likeness (QED) is 0.807. The summed E-state index contributed by atoms with van der Waals surface area (Å²) >= 11 is 0. The lowest BCUT2D eigenvalue weighted by molar-refractivity contribution is -0.139. The SMILES string of the molecule is Cc1ccc(C)c(OCC(=O)Nc2ccc(OCC(=O)O)cc2C)c1. The van der Waals surface area contributed by atoms with Crippen molar-refractivity contribution in [3.05, 3.63) is 53.1 Å². The number of nitrogens with one attached hydrogen (secondary N) is 1. The normalized spacial score (nSPS) is 10.2. The molecule has 2 aromatic rings. The number of carbonyl (C=O) groups is 2. The molecular weight excluding hydrogens is 322 g/mol. The summed E-state index contributed by atoms with van der Waals surface area (Å²) in [6, 6.07) is 10.8. The summed E-state index contributed by atoms with van der Waals surface area (Å²) < 4.78 is 10.7. The molecule has 0 bridgehead atoms. The summed E-state index contributed by atoms with van der Waals surface area (Å²) in [6.07, 6.45) is 0. The molecule has 6 nitrogen and oxygen atoms in total.